The predicted molar refractivity (Wildman–Crippen MR) is 251 cm³/mol. The van der Waals surface area contributed by atoms with E-state index in [4.69, 9.17) is 61.6 Å². The van der Waals surface area contributed by atoms with E-state index in [9.17, 15) is 102 Å². The summed E-state index contributed by atoms with van der Waals surface area (Å²) in [6.07, 6.45) is -60.5. The molecule has 35 atom stereocenters. The van der Waals surface area contributed by atoms with E-state index in [0.29, 0.717) is 0 Å². The van der Waals surface area contributed by atoms with Crippen molar-refractivity contribution in [1.82, 2.24) is 10.6 Å². The van der Waals surface area contributed by atoms with Crippen LogP contribution in [0.5, 0.6) is 0 Å². The van der Waals surface area contributed by atoms with Gasteiger partial charge >= 0.3 is 0 Å². The minimum absolute atomic E-state index is 0.811. The Hall–Kier alpha value is -2.30. The monoisotopic (exact) mass is 1190 g/mol. The van der Waals surface area contributed by atoms with Crippen molar-refractivity contribution in [3.05, 3.63) is 0 Å². The highest BCUT2D eigenvalue weighted by atomic mass is 16.8. The number of aliphatic hydroxyl groups is 18. The largest absolute Gasteiger partial charge is 0.394 e. The van der Waals surface area contributed by atoms with Gasteiger partial charge in [-0.1, -0.05) is 0 Å². The van der Waals surface area contributed by atoms with Gasteiger partial charge in [-0.3, -0.25) is 9.59 Å². The number of ether oxygens (including phenoxy) is 13. The molecule has 7 saturated heterocycles. The zero-order chi connectivity index (χ0) is 59.8. The van der Waals surface area contributed by atoms with Gasteiger partial charge in [-0.05, 0) is 20.8 Å². The molecule has 470 valence electrons. The molecule has 0 saturated carbocycles. The smallest absolute Gasteiger partial charge is 0.217 e. The van der Waals surface area contributed by atoms with Crippen LogP contribution < -0.4 is 10.6 Å². The molecule has 0 radical (unpaired) electrons. The number of hydrogen-bond donors (Lipinski definition) is 20. The Morgan fingerprint density at radius 3 is 1.05 bits per heavy atom. The van der Waals surface area contributed by atoms with Crippen molar-refractivity contribution < 1.29 is 163 Å². The van der Waals surface area contributed by atoms with Crippen LogP contribution in [0.15, 0.2) is 0 Å². The number of nitrogens with one attached hydrogen (secondary N) is 2. The van der Waals surface area contributed by atoms with Crippen molar-refractivity contribution in [2.24, 2.45) is 0 Å². The quantitative estimate of drug-likeness (QED) is 0.0606. The Labute approximate surface area is 460 Å². The van der Waals surface area contributed by atoms with Crippen molar-refractivity contribution in [1.29, 1.82) is 0 Å². The highest BCUT2D eigenvalue weighted by molar-refractivity contribution is 5.73. The number of rotatable bonds is 18. The zero-order valence-electron chi connectivity index (χ0n) is 44.2. The summed E-state index contributed by atoms with van der Waals surface area (Å²) in [5.74, 6) is -1.62. The van der Waals surface area contributed by atoms with Crippen LogP contribution in [0.25, 0.3) is 0 Å². The first-order valence-electron chi connectivity index (χ1n) is 26.2. The Morgan fingerprint density at radius 2 is 0.630 bits per heavy atom. The first kappa shape index (κ1) is 66.2. The predicted octanol–water partition coefficient (Wildman–Crippen LogP) is -12.9. The maximum atomic E-state index is 12.7. The van der Waals surface area contributed by atoms with Gasteiger partial charge in [-0.25, -0.2) is 0 Å². The molecule has 0 bridgehead atoms. The fourth-order valence-corrected chi connectivity index (χ4v) is 10.6. The van der Waals surface area contributed by atoms with Gasteiger partial charge in [-0.2, -0.15) is 0 Å². The van der Waals surface area contributed by atoms with Crippen molar-refractivity contribution in [3.63, 3.8) is 0 Å². The molecule has 35 heteroatoms. The lowest BCUT2D eigenvalue weighted by Crippen LogP contribution is -2.70. The highest BCUT2D eigenvalue weighted by Gasteiger charge is 2.59. The molecule has 0 unspecified atom stereocenters. The molecular weight excluding hydrogens is 1110 g/mol. The summed E-state index contributed by atoms with van der Waals surface area (Å²) in [5, 5.41) is 201. The Balaban J connectivity index is 1.12. The van der Waals surface area contributed by atoms with Crippen LogP contribution in [0.3, 0.4) is 0 Å². The SMILES string of the molecule is CC(=O)N[C@H]1[C@@H](O[C@@H]2[C@@H](O)[C@H](C)O[C@@H](O[C@@H]3[C@@H](O)[C@H](C)O[C@@H](O[C@H]4[C@@H](O[C@H]5[C@H](O)[C@@H](CO)O[C@H](O[C@@H]6[C@@H](O)[C@H](C)O[C@@H](O)[C@@H]6O)[C@@H]5NC(C)=O)O[C@H](CO)[C@H](O)[C@@H]4O)[C@@H]3O)[C@@H]2O)O[C@H](CO)[C@@H](O)[C@@H]1O[C@H]1O[C@H](CO)[C@H](O)[C@H](O)[C@H]1O. The standard InChI is InChI=1S/C46H78N2O33/c1-10-21(55)36(31(65)40(68)69-10)78-41-20(48-14(5)54)35(27(61)18(9-52)72-41)77-46-39(29(63)25(59)16(7-50)75-46)81-45-33(67)38(23(57)12(3)71-45)80-44-32(66)37(22(56)11(2)70-44)79-42-19(47-13(4)53)34(26(60)17(8-51)73-42)76-43-30(64)28(62)24(58)15(6-49)74-43/h10-12,15-46,49-52,55-68H,6-9H2,1-5H3,(H,47,53)(H,48,54)/t10-,11-,12-,15+,16+,17+,18+,19+,20+,21-,22-,23-,24-,25-,26+,27+,28-,29-,30+,31+,32+,33+,34+,35+,36+,37+,38+,39+,40+,41+,42+,43+,44-,45-,46+/m0/s1. The molecule has 2 amide bonds. The summed E-state index contributed by atoms with van der Waals surface area (Å²) in [6, 6.07) is -3.37. The Morgan fingerprint density at radius 1 is 0.321 bits per heavy atom. The Kier molecular flexibility index (Phi) is 22.9. The number of carbonyl (C=O) groups is 2. The van der Waals surface area contributed by atoms with Crippen LogP contribution in [-0.4, -0.2) is 345 Å². The van der Waals surface area contributed by atoms with E-state index in [1.165, 1.54) is 20.8 Å². The van der Waals surface area contributed by atoms with Crippen molar-refractivity contribution in [2.75, 3.05) is 26.4 Å². The average Bonchev–Trinajstić information content (AvgIpc) is 3.61. The third kappa shape index (κ3) is 14.1. The molecule has 0 aromatic rings. The molecular formula is C46H78N2O33. The van der Waals surface area contributed by atoms with E-state index in [-0.39, 0.29) is 0 Å². The van der Waals surface area contributed by atoms with Gasteiger partial charge in [0.1, 0.15) is 152 Å². The van der Waals surface area contributed by atoms with Crippen LogP contribution in [0.2, 0.25) is 0 Å². The van der Waals surface area contributed by atoms with Crippen LogP contribution in [0.4, 0.5) is 0 Å². The highest BCUT2D eigenvalue weighted by Crippen LogP contribution is 2.38. The molecule has 7 fully saturated rings. The molecule has 0 aromatic heterocycles. The maximum absolute atomic E-state index is 12.7. The van der Waals surface area contributed by atoms with E-state index in [1.54, 1.807) is 0 Å². The molecule has 81 heavy (non-hydrogen) atoms. The second-order valence-corrected chi connectivity index (χ2v) is 21.0. The topological polar surface area (TPSA) is 542 Å². The third-order valence-corrected chi connectivity index (χ3v) is 15.2. The summed E-state index contributed by atoms with van der Waals surface area (Å²) >= 11 is 0. The molecule has 7 aliphatic rings. The summed E-state index contributed by atoms with van der Waals surface area (Å²) in [6.45, 7) is 2.19. The fraction of sp³-hybridized carbons (Fsp3) is 0.957. The van der Waals surface area contributed by atoms with E-state index < -0.39 is 253 Å². The maximum Gasteiger partial charge on any atom is 0.217 e. The zero-order valence-corrected chi connectivity index (χ0v) is 44.2. The number of carbonyl (C=O) groups excluding carboxylic acids is 2. The first-order chi connectivity index (χ1) is 38.2. The Bertz CT molecular complexity index is 1990. The summed E-state index contributed by atoms with van der Waals surface area (Å²) in [7, 11) is 0. The van der Waals surface area contributed by atoms with Crippen LogP contribution in [0.1, 0.15) is 34.6 Å². The first-order valence-corrected chi connectivity index (χ1v) is 26.2. The van der Waals surface area contributed by atoms with Gasteiger partial charge in [0.25, 0.3) is 0 Å². The molecule has 20 N–H and O–H groups in total. The summed E-state index contributed by atoms with van der Waals surface area (Å²) < 4.78 is 75.5. The van der Waals surface area contributed by atoms with E-state index in [2.05, 4.69) is 10.6 Å². The molecule has 7 aliphatic heterocycles. The second kappa shape index (κ2) is 28.0. The van der Waals surface area contributed by atoms with Gasteiger partial charge < -0.3 is 164 Å². The lowest BCUT2D eigenvalue weighted by atomic mass is 9.94. The van der Waals surface area contributed by atoms with E-state index in [1.807, 2.05) is 0 Å². The van der Waals surface area contributed by atoms with Gasteiger partial charge in [0, 0.05) is 13.8 Å². The summed E-state index contributed by atoms with van der Waals surface area (Å²) in [5.41, 5.74) is 0. The van der Waals surface area contributed by atoms with Crippen LogP contribution >= 0.6 is 0 Å². The normalized spacial score (nSPS) is 51.8. The molecule has 7 heterocycles. The third-order valence-electron chi connectivity index (χ3n) is 15.2. The minimum atomic E-state index is -2.19. The summed E-state index contributed by atoms with van der Waals surface area (Å²) in [4.78, 5) is 25.3. The van der Waals surface area contributed by atoms with Crippen LogP contribution in [-0.2, 0) is 71.2 Å². The van der Waals surface area contributed by atoms with Crippen LogP contribution in [0, 0.1) is 0 Å². The lowest BCUT2D eigenvalue weighted by Gasteiger charge is -2.51. The number of aliphatic hydroxyl groups excluding tert-OH is 18. The lowest BCUT2D eigenvalue weighted by molar-refractivity contribution is -0.397. The van der Waals surface area contributed by atoms with Gasteiger partial charge in [0.15, 0.2) is 44.0 Å². The van der Waals surface area contributed by atoms with Gasteiger partial charge in [0.2, 0.25) is 11.8 Å². The van der Waals surface area contributed by atoms with Crippen molar-refractivity contribution in [3.8, 4) is 0 Å². The minimum Gasteiger partial charge on any atom is -0.394 e. The molecule has 7 rings (SSSR count). The van der Waals surface area contributed by atoms with Crippen molar-refractivity contribution in [2.45, 2.75) is 249 Å². The molecule has 35 nitrogen and oxygen atoms in total. The average molecular weight is 1190 g/mol. The second-order valence-electron chi connectivity index (χ2n) is 21.0. The molecule has 0 spiro atoms. The molecule has 0 aromatic carbocycles. The van der Waals surface area contributed by atoms with E-state index >= 15 is 0 Å². The molecule has 0 aliphatic carbocycles. The van der Waals surface area contributed by atoms with Gasteiger partial charge in [-0.15, -0.1) is 0 Å². The number of amides is 2. The van der Waals surface area contributed by atoms with Crippen molar-refractivity contribution >= 4 is 11.8 Å². The van der Waals surface area contributed by atoms with Gasteiger partial charge in [0.05, 0.1) is 44.7 Å². The van der Waals surface area contributed by atoms with E-state index in [0.717, 1.165) is 13.8 Å². The fourth-order valence-electron chi connectivity index (χ4n) is 10.6. The number of hydrogen-bond acceptors (Lipinski definition) is 33.